The van der Waals surface area contributed by atoms with Gasteiger partial charge in [0.2, 0.25) is 5.91 Å². The van der Waals surface area contributed by atoms with E-state index in [0.717, 1.165) is 35.6 Å². The Kier molecular flexibility index (Phi) is 8.49. The number of guanidine groups is 1. The average molecular weight is 643 g/mol. The van der Waals surface area contributed by atoms with Gasteiger partial charge in [-0.05, 0) is 25.8 Å². The summed E-state index contributed by atoms with van der Waals surface area (Å²) in [5, 5.41) is 38.7. The molecule has 22 heteroatoms. The molecule has 0 radical (unpaired) electrons. The molecule has 3 aliphatic rings. The number of hydrogen-bond acceptors (Lipinski definition) is 14. The number of amides is 2. The van der Waals surface area contributed by atoms with Crippen molar-refractivity contribution in [2.45, 2.75) is 62.1 Å². The number of hydrogen-bond donors (Lipinski definition) is 9. The maximum absolute atomic E-state index is 13.3. The predicted molar refractivity (Wildman–Crippen MR) is 146 cm³/mol. The number of carbonyl (C=O) groups excluding carboxylic acids is 2. The Morgan fingerprint density at radius 2 is 2.12 bits per heavy atom. The van der Waals surface area contributed by atoms with Crippen LogP contribution in [-0.4, -0.2) is 103 Å². The van der Waals surface area contributed by atoms with E-state index < -0.39 is 51.8 Å². The molecule has 0 bridgehead atoms. The first kappa shape index (κ1) is 30.5. The zero-order chi connectivity index (χ0) is 30.9. The van der Waals surface area contributed by atoms with E-state index in [0.29, 0.717) is 5.69 Å². The van der Waals surface area contributed by atoms with Gasteiger partial charge in [-0.3, -0.25) is 24.4 Å². The van der Waals surface area contributed by atoms with Gasteiger partial charge in [0.05, 0.1) is 25.0 Å². The van der Waals surface area contributed by atoms with E-state index in [4.69, 9.17) is 16.0 Å². The van der Waals surface area contributed by atoms with Crippen molar-refractivity contribution in [1.82, 2.24) is 51.0 Å². The van der Waals surface area contributed by atoms with Crippen molar-refractivity contribution in [3.63, 3.8) is 0 Å². The van der Waals surface area contributed by atoms with Crippen molar-refractivity contribution in [3.8, 4) is 0 Å². The van der Waals surface area contributed by atoms with E-state index in [2.05, 4.69) is 41.9 Å². The number of nitrogen functional groups attached to an aromatic ring is 1. The van der Waals surface area contributed by atoms with E-state index in [1.54, 1.807) is 0 Å². The molecule has 10 N–H and O–H groups in total. The molecule has 4 atom stereocenters. The first-order valence-electron chi connectivity index (χ1n) is 13.0. The third-order valence-corrected chi connectivity index (χ3v) is 8.71. The summed E-state index contributed by atoms with van der Waals surface area (Å²) in [5.74, 6) is -3.14. The second kappa shape index (κ2) is 12.0. The zero-order valence-corrected chi connectivity index (χ0v) is 24.0. The normalized spacial score (nSPS) is 23.3. The highest BCUT2D eigenvalue weighted by Gasteiger charge is 2.56. The van der Waals surface area contributed by atoms with Gasteiger partial charge in [0.1, 0.15) is 17.8 Å². The molecule has 43 heavy (non-hydrogen) atoms. The van der Waals surface area contributed by atoms with Gasteiger partial charge < -0.3 is 32.1 Å². The van der Waals surface area contributed by atoms with Gasteiger partial charge >= 0.3 is 16.3 Å². The molecule has 234 valence electrons. The Bertz CT molecular complexity index is 1500. The van der Waals surface area contributed by atoms with Gasteiger partial charge in [-0.25, -0.2) is 14.1 Å². The molecule has 5 rings (SSSR count). The lowest BCUT2D eigenvalue weighted by Gasteiger charge is -2.44. The molecule has 1 unspecified atom stereocenters. The molecule has 2 aromatic rings. The summed E-state index contributed by atoms with van der Waals surface area (Å²) in [6.07, 6.45) is 2.68. The molecule has 0 spiro atoms. The van der Waals surface area contributed by atoms with Gasteiger partial charge in [0, 0.05) is 18.0 Å². The van der Waals surface area contributed by atoms with E-state index in [1.165, 1.54) is 11.6 Å². The highest BCUT2D eigenvalue weighted by Crippen LogP contribution is 2.39. The molecule has 2 aliphatic heterocycles. The number of aliphatic carboxylic acids is 1. The molecule has 20 nitrogen and oxygen atoms in total. The number of rotatable bonds is 13. The molecule has 4 heterocycles. The number of nitrogens with one attached hydrogen (secondary N) is 6. The Morgan fingerprint density at radius 3 is 2.72 bits per heavy atom. The third-order valence-electron chi connectivity index (χ3n) is 7.07. The number of aromatic nitrogens is 4. The summed E-state index contributed by atoms with van der Waals surface area (Å²) in [4.78, 5) is 48.0. The number of hydroxylamine groups is 1. The number of anilines is 1. The molecule has 1 saturated carbocycles. The summed E-state index contributed by atoms with van der Waals surface area (Å²) < 4.78 is 33.8. The van der Waals surface area contributed by atoms with Crippen LogP contribution >= 0.6 is 11.3 Å². The topological polar surface area (TPSA) is 292 Å². The monoisotopic (exact) mass is 642 g/mol. The van der Waals surface area contributed by atoms with Crippen molar-refractivity contribution < 1.29 is 37.3 Å². The van der Waals surface area contributed by atoms with Crippen LogP contribution in [0.4, 0.5) is 5.13 Å². The van der Waals surface area contributed by atoms with Crippen molar-refractivity contribution >= 4 is 50.5 Å². The Morgan fingerprint density at radius 1 is 1.35 bits per heavy atom. The van der Waals surface area contributed by atoms with Crippen molar-refractivity contribution in [2.75, 3.05) is 18.8 Å². The Labute approximate surface area is 248 Å². The fraction of sp³-hybridized carbons (Fsp3) is 0.571. The summed E-state index contributed by atoms with van der Waals surface area (Å²) in [5.41, 5.74) is 7.04. The largest absolute Gasteiger partial charge is 0.479 e. The van der Waals surface area contributed by atoms with Gasteiger partial charge in [-0.1, -0.05) is 0 Å². The van der Waals surface area contributed by atoms with Crippen LogP contribution in [0.15, 0.2) is 11.6 Å². The van der Waals surface area contributed by atoms with E-state index >= 15 is 0 Å². The van der Waals surface area contributed by atoms with E-state index in [-0.39, 0.29) is 53.1 Å². The van der Waals surface area contributed by atoms with Gasteiger partial charge in [0.25, 0.3) is 5.91 Å². The number of carboxylic acids is 1. The molecule has 2 saturated heterocycles. The van der Waals surface area contributed by atoms with Crippen LogP contribution in [0.1, 0.15) is 36.7 Å². The van der Waals surface area contributed by atoms with E-state index in [1.807, 2.05) is 0 Å². The van der Waals surface area contributed by atoms with Crippen LogP contribution < -0.4 is 32.5 Å². The minimum absolute atomic E-state index is 0.0753. The van der Waals surface area contributed by atoms with Gasteiger partial charge in [-0.2, -0.15) is 28.9 Å². The standard InChI is InChI=1S/C21H30N12O8S2/c22-19(27-10-1-4-24-5-10)25-6-11-7-26-32(30-11)8-13-15(17(35)33(13)43(38,39)40)29-16(34)14(12-9-42-20(23)28-12)31-41-21(2-3-21)18(36)37/h7,9-10,13-15,24,31H,1-6,8H2,(H2,23,28)(H,29,34)(H,36,37)(H3,22,25,27)(H,38,39,40)/t10-,13+,14?,15-/m0/s1. The molecule has 1 aliphatic carbocycles. The minimum Gasteiger partial charge on any atom is -0.479 e. The fourth-order valence-corrected chi connectivity index (χ4v) is 6.04. The molecular weight excluding hydrogens is 612 g/mol. The van der Waals surface area contributed by atoms with Gasteiger partial charge in [0.15, 0.2) is 22.7 Å². The summed E-state index contributed by atoms with van der Waals surface area (Å²) in [7, 11) is -5.00. The van der Waals surface area contributed by atoms with E-state index in [9.17, 15) is 32.5 Å². The van der Waals surface area contributed by atoms with Crippen LogP contribution in [0.3, 0.4) is 0 Å². The first-order chi connectivity index (χ1) is 20.4. The van der Waals surface area contributed by atoms with Crippen LogP contribution in [0.2, 0.25) is 0 Å². The number of thiazole rings is 1. The second-order valence-corrected chi connectivity index (χ2v) is 12.4. The van der Waals surface area contributed by atoms with Crippen molar-refractivity contribution in [1.29, 1.82) is 5.41 Å². The van der Waals surface area contributed by atoms with Crippen LogP contribution in [0.5, 0.6) is 0 Å². The van der Waals surface area contributed by atoms with Crippen LogP contribution in [0, 0.1) is 5.41 Å². The number of nitrogens with zero attached hydrogens (tertiary/aromatic N) is 5. The van der Waals surface area contributed by atoms with Crippen LogP contribution in [-0.2, 0) is 42.6 Å². The average Bonchev–Trinajstić information content (AvgIpc) is 3.25. The SMILES string of the molecule is N=C(NCc1cnn(C[C@@H]2[C@H](NC(=O)C(NOC3(C(=O)O)CC3)c3csc(N)n3)C(=O)N2S(=O)(=O)O)n1)N[C@H]1CCNC1. The highest BCUT2D eigenvalue weighted by molar-refractivity contribution is 7.84. The van der Waals surface area contributed by atoms with Gasteiger partial charge in [-0.15, -0.1) is 11.3 Å². The molecule has 2 aromatic heterocycles. The third kappa shape index (κ3) is 6.83. The lowest BCUT2D eigenvalue weighted by atomic mass is 9.98. The maximum atomic E-state index is 13.3. The van der Waals surface area contributed by atoms with Crippen molar-refractivity contribution in [3.05, 3.63) is 23.0 Å². The molecular formula is C21H30N12O8S2. The Hall–Kier alpha value is -3.96. The minimum atomic E-state index is -5.00. The summed E-state index contributed by atoms with van der Waals surface area (Å²) in [6, 6.07) is -4.03. The second-order valence-electron chi connectivity index (χ2n) is 10.2. The molecule has 0 aromatic carbocycles. The fourth-order valence-electron chi connectivity index (χ4n) is 4.58. The first-order valence-corrected chi connectivity index (χ1v) is 15.3. The van der Waals surface area contributed by atoms with Crippen molar-refractivity contribution in [2.24, 2.45) is 0 Å². The highest BCUT2D eigenvalue weighted by atomic mass is 32.2. The number of carbonyl (C=O) groups is 3. The number of nitrogens with two attached hydrogens (primary N) is 1. The summed E-state index contributed by atoms with van der Waals surface area (Å²) in [6.45, 7) is 1.40. The lowest BCUT2D eigenvalue weighted by molar-refractivity contribution is -0.165. The quantitative estimate of drug-likeness (QED) is 0.0339. The maximum Gasteiger partial charge on any atom is 0.362 e. The smallest absolute Gasteiger partial charge is 0.362 e. The Balaban J connectivity index is 1.25. The lowest BCUT2D eigenvalue weighted by Crippen LogP contribution is -2.73. The number of carboxylic acid groups (broad SMARTS) is 1. The zero-order valence-electron chi connectivity index (χ0n) is 22.4. The molecule has 2 amide bonds. The predicted octanol–water partition coefficient (Wildman–Crippen LogP) is -3.33. The van der Waals surface area contributed by atoms with Crippen LogP contribution in [0.25, 0.3) is 0 Å². The number of β-lactam (4-membered cyclic amide) rings is 1. The summed E-state index contributed by atoms with van der Waals surface area (Å²) >= 11 is 1.01. The molecule has 3 fully saturated rings.